The van der Waals surface area contributed by atoms with Crippen molar-refractivity contribution in [3.8, 4) is 0 Å². The van der Waals surface area contributed by atoms with Crippen molar-refractivity contribution in [3.63, 3.8) is 0 Å². The molecule has 0 N–H and O–H groups in total. The van der Waals surface area contributed by atoms with Crippen LogP contribution in [-0.2, 0) is 4.79 Å². The normalized spacial score (nSPS) is 50.9. The van der Waals surface area contributed by atoms with Crippen molar-refractivity contribution in [2.45, 2.75) is 58.3 Å². The van der Waals surface area contributed by atoms with E-state index < -0.39 is 0 Å². The molecule has 4 saturated carbocycles. The van der Waals surface area contributed by atoms with E-state index in [0.29, 0.717) is 11.7 Å². The Labute approximate surface area is 111 Å². The number of Topliss-reactive ketones (excluding diaryl/α,β-unsaturated/α-hetero) is 1. The number of ketones is 1. The van der Waals surface area contributed by atoms with E-state index in [2.05, 4.69) is 0 Å². The van der Waals surface area contributed by atoms with E-state index in [1.54, 1.807) is 0 Å². The largest absolute Gasteiger partial charge is 0.300 e. The summed E-state index contributed by atoms with van der Waals surface area (Å²) in [5.74, 6) is 6.36. The number of rotatable bonds is 3. The molecule has 6 unspecified atom stereocenters. The second-order valence-corrected chi connectivity index (χ2v) is 7.81. The second-order valence-electron chi connectivity index (χ2n) is 7.81. The van der Waals surface area contributed by atoms with Gasteiger partial charge in [-0.15, -0.1) is 0 Å². The SMILES string of the molecule is CC(=O)C(C1CC2CCC1C2)C1CC2CCC1C2. The Kier molecular flexibility index (Phi) is 2.61. The van der Waals surface area contributed by atoms with Gasteiger partial charge in [0.25, 0.3) is 0 Å². The molecule has 0 saturated heterocycles. The molecule has 100 valence electrons. The van der Waals surface area contributed by atoms with Crippen LogP contribution in [0.3, 0.4) is 0 Å². The molecule has 0 heterocycles. The Morgan fingerprint density at radius 1 is 0.833 bits per heavy atom. The first-order chi connectivity index (χ1) is 8.72. The van der Waals surface area contributed by atoms with Gasteiger partial charge in [-0.2, -0.15) is 0 Å². The molecule has 18 heavy (non-hydrogen) atoms. The Morgan fingerprint density at radius 2 is 1.33 bits per heavy atom. The number of carbonyl (C=O) groups is 1. The fraction of sp³-hybridized carbons (Fsp3) is 0.941. The monoisotopic (exact) mass is 246 g/mol. The van der Waals surface area contributed by atoms with Crippen molar-refractivity contribution in [2.24, 2.45) is 41.4 Å². The van der Waals surface area contributed by atoms with E-state index in [1.165, 1.54) is 51.4 Å². The van der Waals surface area contributed by atoms with Crippen LogP contribution in [0.2, 0.25) is 0 Å². The van der Waals surface area contributed by atoms with Gasteiger partial charge in [-0.3, -0.25) is 4.79 Å². The zero-order chi connectivity index (χ0) is 12.3. The van der Waals surface area contributed by atoms with Crippen LogP contribution in [-0.4, -0.2) is 5.78 Å². The van der Waals surface area contributed by atoms with Gasteiger partial charge in [0.1, 0.15) is 5.78 Å². The lowest BCUT2D eigenvalue weighted by atomic mass is 9.67. The molecule has 0 amide bonds. The van der Waals surface area contributed by atoms with Gasteiger partial charge in [-0.25, -0.2) is 0 Å². The first-order valence-corrected chi connectivity index (χ1v) is 8.23. The van der Waals surface area contributed by atoms with Crippen LogP contribution in [0.1, 0.15) is 58.3 Å². The smallest absolute Gasteiger partial charge is 0.133 e. The number of carbonyl (C=O) groups excluding carboxylic acids is 1. The molecular formula is C17H26O. The summed E-state index contributed by atoms with van der Waals surface area (Å²) >= 11 is 0. The second kappa shape index (κ2) is 4.08. The van der Waals surface area contributed by atoms with Crippen LogP contribution < -0.4 is 0 Å². The van der Waals surface area contributed by atoms with E-state index in [-0.39, 0.29) is 0 Å². The van der Waals surface area contributed by atoms with E-state index in [0.717, 1.165) is 35.5 Å². The summed E-state index contributed by atoms with van der Waals surface area (Å²) in [7, 11) is 0. The molecule has 1 nitrogen and oxygen atoms in total. The van der Waals surface area contributed by atoms with Crippen molar-refractivity contribution in [1.29, 1.82) is 0 Å². The maximum atomic E-state index is 12.3. The highest BCUT2D eigenvalue weighted by Gasteiger charge is 2.51. The van der Waals surface area contributed by atoms with Crippen LogP contribution in [0.5, 0.6) is 0 Å². The van der Waals surface area contributed by atoms with Crippen LogP contribution in [0, 0.1) is 41.4 Å². The van der Waals surface area contributed by atoms with Gasteiger partial charge < -0.3 is 0 Å². The summed E-state index contributed by atoms with van der Waals surface area (Å²) in [6, 6.07) is 0. The topological polar surface area (TPSA) is 17.1 Å². The zero-order valence-electron chi connectivity index (χ0n) is 11.6. The molecule has 0 radical (unpaired) electrons. The minimum Gasteiger partial charge on any atom is -0.300 e. The minimum atomic E-state index is 0.454. The molecular weight excluding hydrogens is 220 g/mol. The minimum absolute atomic E-state index is 0.454. The van der Waals surface area contributed by atoms with Gasteiger partial charge in [0.05, 0.1) is 0 Å². The van der Waals surface area contributed by atoms with E-state index in [4.69, 9.17) is 0 Å². The molecule has 0 aromatic heterocycles. The van der Waals surface area contributed by atoms with E-state index >= 15 is 0 Å². The molecule has 0 aliphatic heterocycles. The van der Waals surface area contributed by atoms with Gasteiger partial charge >= 0.3 is 0 Å². The van der Waals surface area contributed by atoms with Gasteiger partial charge in [-0.1, -0.05) is 12.8 Å². The zero-order valence-corrected chi connectivity index (χ0v) is 11.6. The first-order valence-electron chi connectivity index (χ1n) is 8.23. The number of hydrogen-bond acceptors (Lipinski definition) is 1. The van der Waals surface area contributed by atoms with Gasteiger partial charge in [-0.05, 0) is 81.0 Å². The molecule has 4 aliphatic carbocycles. The van der Waals surface area contributed by atoms with Crippen molar-refractivity contribution >= 4 is 5.78 Å². The van der Waals surface area contributed by atoms with Crippen LogP contribution in [0.25, 0.3) is 0 Å². The highest BCUT2D eigenvalue weighted by molar-refractivity contribution is 5.79. The van der Waals surface area contributed by atoms with Gasteiger partial charge in [0.2, 0.25) is 0 Å². The van der Waals surface area contributed by atoms with E-state index in [9.17, 15) is 4.79 Å². The quantitative estimate of drug-likeness (QED) is 0.734. The molecule has 0 aromatic carbocycles. The lowest BCUT2D eigenvalue weighted by Crippen LogP contribution is -2.35. The Balaban J connectivity index is 1.56. The van der Waals surface area contributed by atoms with Crippen LogP contribution >= 0.6 is 0 Å². The molecule has 1 heteroatoms. The number of hydrogen-bond donors (Lipinski definition) is 0. The highest BCUT2D eigenvalue weighted by Crippen LogP contribution is 2.58. The summed E-state index contributed by atoms with van der Waals surface area (Å²) in [6.45, 7) is 1.89. The third-order valence-electron chi connectivity index (χ3n) is 6.98. The highest BCUT2D eigenvalue weighted by atomic mass is 16.1. The standard InChI is InChI=1S/C17H26O/c1-10(18)17(15-8-11-2-4-13(15)6-11)16-9-12-3-5-14(16)7-12/h11-17H,2-9H2,1H3. The fourth-order valence-corrected chi connectivity index (χ4v) is 6.39. The third-order valence-corrected chi connectivity index (χ3v) is 6.98. The average molecular weight is 246 g/mol. The molecule has 0 aromatic rings. The average Bonchev–Trinajstić information content (AvgIpc) is 3.09. The van der Waals surface area contributed by atoms with Crippen molar-refractivity contribution in [2.75, 3.05) is 0 Å². The lowest BCUT2D eigenvalue weighted by molar-refractivity contribution is -0.126. The summed E-state index contributed by atoms with van der Waals surface area (Å²) in [4.78, 5) is 12.3. The summed E-state index contributed by atoms with van der Waals surface area (Å²) in [6.07, 6.45) is 11.5. The van der Waals surface area contributed by atoms with Crippen molar-refractivity contribution < 1.29 is 4.79 Å². The summed E-state index contributed by atoms with van der Waals surface area (Å²) in [5.41, 5.74) is 0. The van der Waals surface area contributed by atoms with Crippen molar-refractivity contribution in [1.82, 2.24) is 0 Å². The van der Waals surface area contributed by atoms with E-state index in [1.807, 2.05) is 6.92 Å². The fourth-order valence-electron chi connectivity index (χ4n) is 6.39. The Morgan fingerprint density at radius 3 is 1.61 bits per heavy atom. The third kappa shape index (κ3) is 1.62. The molecule has 6 atom stereocenters. The Hall–Kier alpha value is -0.330. The van der Waals surface area contributed by atoms with Crippen molar-refractivity contribution in [3.05, 3.63) is 0 Å². The summed E-state index contributed by atoms with van der Waals surface area (Å²) in [5, 5.41) is 0. The van der Waals surface area contributed by atoms with Crippen LogP contribution in [0.15, 0.2) is 0 Å². The summed E-state index contributed by atoms with van der Waals surface area (Å²) < 4.78 is 0. The van der Waals surface area contributed by atoms with Gasteiger partial charge in [0.15, 0.2) is 0 Å². The maximum absolute atomic E-state index is 12.3. The van der Waals surface area contributed by atoms with Crippen LogP contribution in [0.4, 0.5) is 0 Å². The molecule has 4 bridgehead atoms. The first kappa shape index (κ1) is 11.5. The Bertz CT molecular complexity index is 333. The lowest BCUT2D eigenvalue weighted by Gasteiger charge is -2.36. The molecule has 4 rings (SSSR count). The maximum Gasteiger partial charge on any atom is 0.133 e. The number of fused-ring (bicyclic) bond motifs is 4. The molecule has 4 fully saturated rings. The predicted octanol–water partition coefficient (Wildman–Crippen LogP) is 4.06. The molecule has 4 aliphatic rings. The predicted molar refractivity (Wildman–Crippen MR) is 72.0 cm³/mol. The molecule has 0 spiro atoms. The van der Waals surface area contributed by atoms with Gasteiger partial charge in [0, 0.05) is 5.92 Å².